The van der Waals surface area contributed by atoms with Gasteiger partial charge in [-0.2, -0.15) is 4.98 Å². The first kappa shape index (κ1) is 24.1. The Morgan fingerprint density at radius 3 is 2.13 bits per heavy atom. The molecule has 172 valence electrons. The Hall–Kier alpha value is -3.22. The molecule has 0 aromatic carbocycles. The molecule has 2 rings (SSSR count). The minimum atomic E-state index is -1.32. The van der Waals surface area contributed by atoms with Gasteiger partial charge in [-0.05, 0) is 13.8 Å². The van der Waals surface area contributed by atoms with Gasteiger partial charge in [0.15, 0.2) is 18.4 Å². The Bertz CT molecular complexity index is 937. The number of aromatic nitrogens is 3. The molecular formula is C18H26N4O9. The summed E-state index contributed by atoms with van der Waals surface area (Å²) in [5, 5.41) is 0. The molecule has 1 fully saturated rings. The maximum atomic E-state index is 12.7. The van der Waals surface area contributed by atoms with Gasteiger partial charge in [0.25, 0.3) is 0 Å². The van der Waals surface area contributed by atoms with E-state index in [1.165, 1.54) is 6.92 Å². The van der Waals surface area contributed by atoms with Gasteiger partial charge in [0, 0.05) is 33.9 Å². The van der Waals surface area contributed by atoms with Crippen LogP contribution in [0.1, 0.15) is 40.8 Å². The monoisotopic (exact) mass is 442 g/mol. The molecule has 1 aromatic heterocycles. The lowest BCUT2D eigenvalue weighted by atomic mass is 10.1. The molecule has 0 spiro atoms. The lowest BCUT2D eigenvalue weighted by Crippen LogP contribution is -2.45. The number of ether oxygens (including phenoxy) is 4. The number of hydrogen-bond donors (Lipinski definition) is 1. The van der Waals surface area contributed by atoms with Crippen LogP contribution in [0.3, 0.4) is 0 Å². The highest BCUT2D eigenvalue weighted by molar-refractivity contribution is 5.68. The van der Waals surface area contributed by atoms with Crippen molar-refractivity contribution in [3.8, 4) is 0 Å². The summed E-state index contributed by atoms with van der Waals surface area (Å²) in [5.41, 5.74) is -1.73. The maximum Gasteiger partial charge on any atom is 0.352 e. The van der Waals surface area contributed by atoms with E-state index in [-0.39, 0.29) is 12.6 Å². The van der Waals surface area contributed by atoms with Crippen LogP contribution in [0.5, 0.6) is 0 Å². The minimum Gasteiger partial charge on any atom is -0.463 e. The zero-order valence-corrected chi connectivity index (χ0v) is 17.9. The second kappa shape index (κ2) is 10.2. The zero-order chi connectivity index (χ0) is 23.3. The summed E-state index contributed by atoms with van der Waals surface area (Å²) in [6, 6.07) is 0. The van der Waals surface area contributed by atoms with Gasteiger partial charge in [0.2, 0.25) is 5.95 Å². The molecule has 0 saturated carbocycles. The van der Waals surface area contributed by atoms with Crippen molar-refractivity contribution in [3.63, 3.8) is 0 Å². The number of nitrogens with zero attached hydrogens (tertiary/aromatic N) is 3. The standard InChI is InChI=1S/C18H26N4O9/c1-6-21(7-2)17-19-16(26)20-18(27)22(17)15-14(30-11(5)25)13(29-10(4)24)12(31-15)8-28-9(3)23/h12-15H,6-8H2,1-5H3,(H,20,26,27)/t12-,13-,14-,15-/m1/s1. The normalized spacial score (nSPS) is 22.6. The molecule has 1 aromatic rings. The predicted octanol–water partition coefficient (Wildman–Crippen LogP) is -0.898. The first-order valence-corrected chi connectivity index (χ1v) is 9.70. The second-order valence-electron chi connectivity index (χ2n) is 6.71. The number of nitrogens with one attached hydrogen (secondary N) is 1. The van der Waals surface area contributed by atoms with E-state index in [2.05, 4.69) is 9.97 Å². The molecule has 0 bridgehead atoms. The number of esters is 3. The van der Waals surface area contributed by atoms with Crippen LogP contribution < -0.4 is 16.3 Å². The van der Waals surface area contributed by atoms with Crippen molar-refractivity contribution in [3.05, 3.63) is 21.0 Å². The highest BCUT2D eigenvalue weighted by atomic mass is 16.7. The van der Waals surface area contributed by atoms with E-state index in [4.69, 9.17) is 18.9 Å². The Kier molecular flexibility index (Phi) is 7.91. The lowest BCUT2D eigenvalue weighted by Gasteiger charge is -2.28. The van der Waals surface area contributed by atoms with E-state index in [1.807, 2.05) is 0 Å². The van der Waals surface area contributed by atoms with Crippen LogP contribution in [0.2, 0.25) is 0 Å². The Morgan fingerprint density at radius 2 is 1.61 bits per heavy atom. The molecule has 0 radical (unpaired) electrons. The van der Waals surface area contributed by atoms with Crippen molar-refractivity contribution >= 4 is 23.9 Å². The summed E-state index contributed by atoms with van der Waals surface area (Å²) in [6.07, 6.45) is -4.83. The summed E-state index contributed by atoms with van der Waals surface area (Å²) in [4.78, 5) is 66.9. The van der Waals surface area contributed by atoms with Crippen molar-refractivity contribution in [1.29, 1.82) is 0 Å². The SMILES string of the molecule is CCN(CC)c1nc(=O)[nH]c(=O)n1[C@@H]1O[C@H](COC(C)=O)[C@@H](OC(C)=O)[C@H]1OC(C)=O. The Labute approximate surface area is 177 Å². The molecular weight excluding hydrogens is 416 g/mol. The number of hydrogen-bond acceptors (Lipinski definition) is 11. The molecule has 1 saturated heterocycles. The Balaban J connectivity index is 2.62. The smallest absolute Gasteiger partial charge is 0.352 e. The minimum absolute atomic E-state index is 0.0180. The van der Waals surface area contributed by atoms with E-state index in [9.17, 15) is 24.0 Å². The van der Waals surface area contributed by atoms with Gasteiger partial charge in [0.1, 0.15) is 12.7 Å². The van der Waals surface area contributed by atoms with Crippen LogP contribution in [-0.4, -0.2) is 70.5 Å². The van der Waals surface area contributed by atoms with Crippen molar-refractivity contribution in [2.75, 3.05) is 24.6 Å². The first-order chi connectivity index (χ1) is 14.6. The molecule has 0 unspecified atom stereocenters. The van der Waals surface area contributed by atoms with E-state index in [0.29, 0.717) is 13.1 Å². The van der Waals surface area contributed by atoms with Gasteiger partial charge in [-0.15, -0.1) is 0 Å². The fourth-order valence-corrected chi connectivity index (χ4v) is 3.27. The van der Waals surface area contributed by atoms with Gasteiger partial charge in [-0.3, -0.25) is 19.4 Å². The fraction of sp³-hybridized carbons (Fsp3) is 0.667. The molecule has 2 heterocycles. The number of anilines is 1. The summed E-state index contributed by atoms with van der Waals surface area (Å²) < 4.78 is 22.5. The number of rotatable bonds is 8. The van der Waals surface area contributed by atoms with E-state index in [1.54, 1.807) is 18.7 Å². The molecule has 1 aliphatic rings. The van der Waals surface area contributed by atoms with Gasteiger partial charge in [0.05, 0.1) is 0 Å². The zero-order valence-electron chi connectivity index (χ0n) is 17.9. The molecule has 0 aliphatic carbocycles. The third-order valence-electron chi connectivity index (χ3n) is 4.49. The third-order valence-corrected chi connectivity index (χ3v) is 4.49. The molecule has 0 amide bonds. The topological polar surface area (TPSA) is 159 Å². The van der Waals surface area contributed by atoms with Crippen LogP contribution in [0.4, 0.5) is 5.95 Å². The van der Waals surface area contributed by atoms with Crippen molar-refractivity contribution in [1.82, 2.24) is 14.5 Å². The van der Waals surface area contributed by atoms with E-state index >= 15 is 0 Å². The van der Waals surface area contributed by atoms with Crippen LogP contribution in [0.25, 0.3) is 0 Å². The summed E-state index contributed by atoms with van der Waals surface area (Å²) >= 11 is 0. The summed E-state index contributed by atoms with van der Waals surface area (Å²) in [5.74, 6) is -2.05. The molecule has 1 N–H and O–H groups in total. The largest absolute Gasteiger partial charge is 0.463 e. The fourth-order valence-electron chi connectivity index (χ4n) is 3.27. The van der Waals surface area contributed by atoms with Gasteiger partial charge in [-0.25, -0.2) is 14.2 Å². The molecule has 31 heavy (non-hydrogen) atoms. The van der Waals surface area contributed by atoms with Crippen LogP contribution in [0.15, 0.2) is 9.59 Å². The molecule has 13 nitrogen and oxygen atoms in total. The third kappa shape index (κ3) is 5.69. The second-order valence-corrected chi connectivity index (χ2v) is 6.71. The lowest BCUT2D eigenvalue weighted by molar-refractivity contribution is -0.166. The van der Waals surface area contributed by atoms with Crippen molar-refractivity contribution < 1.29 is 33.3 Å². The quantitative estimate of drug-likeness (QED) is 0.393. The number of aromatic amines is 1. The average molecular weight is 442 g/mol. The van der Waals surface area contributed by atoms with Gasteiger partial charge >= 0.3 is 29.3 Å². The summed E-state index contributed by atoms with van der Waals surface area (Å²) in [6.45, 7) is 7.55. The first-order valence-electron chi connectivity index (χ1n) is 9.70. The van der Waals surface area contributed by atoms with Crippen LogP contribution in [-0.2, 0) is 33.3 Å². The number of carbonyl (C=O) groups is 3. The van der Waals surface area contributed by atoms with Gasteiger partial charge in [-0.1, -0.05) is 0 Å². The maximum absolute atomic E-state index is 12.7. The predicted molar refractivity (Wildman–Crippen MR) is 104 cm³/mol. The van der Waals surface area contributed by atoms with E-state index < -0.39 is 53.8 Å². The summed E-state index contributed by atoms with van der Waals surface area (Å²) in [7, 11) is 0. The van der Waals surface area contributed by atoms with E-state index in [0.717, 1.165) is 18.4 Å². The molecule has 1 aliphatic heterocycles. The number of carbonyl (C=O) groups excluding carboxylic acids is 3. The van der Waals surface area contributed by atoms with Crippen molar-refractivity contribution in [2.45, 2.75) is 59.2 Å². The highest BCUT2D eigenvalue weighted by Crippen LogP contribution is 2.35. The van der Waals surface area contributed by atoms with Crippen LogP contribution >= 0.6 is 0 Å². The molecule has 13 heteroatoms. The average Bonchev–Trinajstić information content (AvgIpc) is 2.96. The van der Waals surface area contributed by atoms with Crippen molar-refractivity contribution in [2.24, 2.45) is 0 Å². The van der Waals surface area contributed by atoms with Crippen LogP contribution in [0, 0.1) is 0 Å². The Morgan fingerprint density at radius 1 is 1.03 bits per heavy atom. The highest BCUT2D eigenvalue weighted by Gasteiger charge is 2.51. The molecule has 4 atom stereocenters. The van der Waals surface area contributed by atoms with Gasteiger partial charge < -0.3 is 23.8 Å². The number of H-pyrrole nitrogens is 1.